The maximum Gasteiger partial charge on any atom is 0.112 e. The Bertz CT molecular complexity index is 521. The van der Waals surface area contributed by atoms with E-state index in [1.807, 2.05) is 32.3 Å². The Kier molecular flexibility index (Phi) is 6.13. The van der Waals surface area contributed by atoms with Crippen molar-refractivity contribution in [3.8, 4) is 0 Å². The molecule has 3 heterocycles. The number of hydrogen-bond acceptors (Lipinski definition) is 2. The molecule has 1 aliphatic rings. The quantitative estimate of drug-likeness (QED) is 0.720. The lowest BCUT2D eigenvalue weighted by Gasteiger charge is -2.06. The van der Waals surface area contributed by atoms with Crippen molar-refractivity contribution in [1.82, 2.24) is 9.97 Å². The average molecular weight is 259 g/mol. The predicted octanol–water partition coefficient (Wildman–Crippen LogP) is 4.69. The minimum absolute atomic E-state index is 0.833. The van der Waals surface area contributed by atoms with Crippen LogP contribution in [0.1, 0.15) is 40.2 Å². The summed E-state index contributed by atoms with van der Waals surface area (Å²) in [4.78, 5) is 7.36. The molecule has 2 aromatic rings. The molecule has 2 aromatic heterocycles. The molecule has 0 spiro atoms. The zero-order valence-corrected chi connectivity index (χ0v) is 12.6. The minimum Gasteiger partial charge on any atom is -0.368 e. The highest BCUT2D eigenvalue weighted by atomic mass is 15.0. The lowest BCUT2D eigenvalue weighted by atomic mass is 10.1. The second-order valence-electron chi connectivity index (χ2n) is 4.85. The van der Waals surface area contributed by atoms with Gasteiger partial charge in [-0.1, -0.05) is 46.8 Å². The molecule has 3 heteroatoms. The summed E-state index contributed by atoms with van der Waals surface area (Å²) in [6, 6.07) is 2.03. The van der Waals surface area contributed by atoms with Crippen molar-refractivity contribution in [3.05, 3.63) is 30.1 Å². The van der Waals surface area contributed by atoms with Crippen molar-refractivity contribution in [3.63, 3.8) is 0 Å². The maximum absolute atomic E-state index is 4.07. The summed E-state index contributed by atoms with van der Waals surface area (Å²) in [5, 5.41) is 4.51. The van der Waals surface area contributed by atoms with Gasteiger partial charge in [-0.15, -0.1) is 0 Å². The summed E-state index contributed by atoms with van der Waals surface area (Å²) in [6.45, 7) is 11.4. The highest BCUT2D eigenvalue weighted by Gasteiger charge is 2.09. The Morgan fingerprint density at radius 2 is 1.89 bits per heavy atom. The van der Waals surface area contributed by atoms with Crippen LogP contribution in [0.15, 0.2) is 24.5 Å². The fourth-order valence-electron chi connectivity index (χ4n) is 1.72. The molecule has 0 fully saturated rings. The van der Waals surface area contributed by atoms with E-state index in [1.165, 1.54) is 10.9 Å². The fraction of sp³-hybridized carbons (Fsp3) is 0.438. The van der Waals surface area contributed by atoms with Gasteiger partial charge in [0.1, 0.15) is 5.82 Å². The van der Waals surface area contributed by atoms with Crippen LogP contribution in [0.2, 0.25) is 0 Å². The molecule has 2 N–H and O–H groups in total. The molecule has 0 unspecified atom stereocenters. The lowest BCUT2D eigenvalue weighted by molar-refractivity contribution is 0.737. The van der Waals surface area contributed by atoms with Crippen LogP contribution in [-0.4, -0.2) is 16.5 Å². The van der Waals surface area contributed by atoms with Crippen LogP contribution < -0.4 is 5.32 Å². The molecule has 3 rings (SSSR count). The summed E-state index contributed by atoms with van der Waals surface area (Å²) >= 11 is 0. The molecule has 0 saturated carbocycles. The van der Waals surface area contributed by atoms with Crippen LogP contribution in [0.25, 0.3) is 17.0 Å². The molecule has 0 aliphatic carbocycles. The zero-order valence-electron chi connectivity index (χ0n) is 12.6. The predicted molar refractivity (Wildman–Crippen MR) is 85.5 cm³/mol. The summed E-state index contributed by atoms with van der Waals surface area (Å²) in [5.74, 6) is 1.94. The third-order valence-electron chi connectivity index (χ3n) is 2.32. The van der Waals surface area contributed by atoms with Crippen molar-refractivity contribution < 1.29 is 0 Å². The molecular formula is C16H25N3. The van der Waals surface area contributed by atoms with Gasteiger partial charge in [-0.05, 0) is 12.0 Å². The van der Waals surface area contributed by atoms with Crippen molar-refractivity contribution in [2.45, 2.75) is 34.6 Å². The zero-order chi connectivity index (χ0) is 14.3. The van der Waals surface area contributed by atoms with Gasteiger partial charge in [-0.2, -0.15) is 0 Å². The third-order valence-corrected chi connectivity index (χ3v) is 2.32. The normalized spacial score (nSPS) is 11.9. The summed E-state index contributed by atoms with van der Waals surface area (Å²) in [5.41, 5.74) is 2.33. The van der Waals surface area contributed by atoms with E-state index in [1.54, 1.807) is 0 Å². The highest BCUT2D eigenvalue weighted by Crippen LogP contribution is 2.28. The number of aromatic amines is 1. The number of H-pyrrole nitrogens is 1. The number of fused-ring (bicyclic) bond motifs is 3. The summed E-state index contributed by atoms with van der Waals surface area (Å²) < 4.78 is 0. The minimum atomic E-state index is 0.833. The number of pyridine rings is 1. The SMILES string of the molecule is C1=Cc2c([nH]c3cnccc23)NC1.CC.CC(C)C. The van der Waals surface area contributed by atoms with Crippen LogP contribution in [0, 0.1) is 5.92 Å². The first kappa shape index (κ1) is 15.3. The van der Waals surface area contributed by atoms with Crippen molar-refractivity contribution >= 4 is 22.8 Å². The monoisotopic (exact) mass is 259 g/mol. The van der Waals surface area contributed by atoms with Gasteiger partial charge in [0.2, 0.25) is 0 Å². The number of hydrogen-bond donors (Lipinski definition) is 2. The Morgan fingerprint density at radius 1 is 1.21 bits per heavy atom. The molecule has 104 valence electrons. The van der Waals surface area contributed by atoms with Gasteiger partial charge in [-0.3, -0.25) is 4.98 Å². The van der Waals surface area contributed by atoms with Crippen LogP contribution in [0.5, 0.6) is 0 Å². The van der Waals surface area contributed by atoms with Crippen molar-refractivity contribution in [2.75, 3.05) is 11.9 Å². The number of nitrogens with one attached hydrogen (secondary N) is 2. The van der Waals surface area contributed by atoms with E-state index in [2.05, 4.69) is 48.2 Å². The molecule has 1 aliphatic heterocycles. The van der Waals surface area contributed by atoms with Gasteiger partial charge in [0.15, 0.2) is 0 Å². The molecule has 0 amide bonds. The van der Waals surface area contributed by atoms with E-state index in [0.29, 0.717) is 0 Å². The number of nitrogens with zero attached hydrogens (tertiary/aromatic N) is 1. The van der Waals surface area contributed by atoms with E-state index >= 15 is 0 Å². The molecule has 0 aromatic carbocycles. The standard InChI is InChI=1S/C10H9N3.C4H10.C2H6/c1-2-8-7-3-5-11-6-9(7)13-10(8)12-4-1;1-4(2)3;1-2/h1-3,5-6,12-13H,4H2;4H,1-3H3;1-2H3. The van der Waals surface area contributed by atoms with E-state index in [4.69, 9.17) is 0 Å². The molecule has 19 heavy (non-hydrogen) atoms. The summed E-state index contributed by atoms with van der Waals surface area (Å²) in [7, 11) is 0. The van der Waals surface area contributed by atoms with E-state index in [-0.39, 0.29) is 0 Å². The van der Waals surface area contributed by atoms with E-state index in [0.717, 1.165) is 23.8 Å². The Morgan fingerprint density at radius 3 is 2.58 bits per heavy atom. The number of rotatable bonds is 0. The molecule has 0 atom stereocenters. The van der Waals surface area contributed by atoms with Crippen LogP contribution in [-0.2, 0) is 0 Å². The van der Waals surface area contributed by atoms with Gasteiger partial charge in [0.25, 0.3) is 0 Å². The Balaban J connectivity index is 0.000000262. The van der Waals surface area contributed by atoms with Crippen LogP contribution in [0.3, 0.4) is 0 Å². The number of anilines is 1. The topological polar surface area (TPSA) is 40.7 Å². The van der Waals surface area contributed by atoms with Crippen LogP contribution >= 0.6 is 0 Å². The average Bonchev–Trinajstić information content (AvgIpc) is 2.79. The Hall–Kier alpha value is -1.77. The lowest BCUT2D eigenvalue weighted by Crippen LogP contribution is -2.02. The second-order valence-corrected chi connectivity index (χ2v) is 4.85. The molecule has 0 radical (unpaired) electrons. The van der Waals surface area contributed by atoms with Gasteiger partial charge in [0, 0.05) is 23.7 Å². The molecule has 0 saturated heterocycles. The second kappa shape index (κ2) is 7.62. The smallest absolute Gasteiger partial charge is 0.112 e. The third kappa shape index (κ3) is 4.12. The maximum atomic E-state index is 4.07. The van der Waals surface area contributed by atoms with Crippen LogP contribution in [0.4, 0.5) is 5.82 Å². The van der Waals surface area contributed by atoms with E-state index in [9.17, 15) is 0 Å². The van der Waals surface area contributed by atoms with Gasteiger partial charge in [0.05, 0.1) is 11.7 Å². The highest BCUT2D eigenvalue weighted by molar-refractivity contribution is 5.95. The van der Waals surface area contributed by atoms with Crippen molar-refractivity contribution in [2.24, 2.45) is 5.92 Å². The summed E-state index contributed by atoms with van der Waals surface area (Å²) in [6.07, 6.45) is 7.93. The van der Waals surface area contributed by atoms with E-state index < -0.39 is 0 Å². The van der Waals surface area contributed by atoms with Gasteiger partial charge < -0.3 is 10.3 Å². The first-order valence-corrected chi connectivity index (χ1v) is 7.04. The molecular weight excluding hydrogens is 234 g/mol. The molecule has 3 nitrogen and oxygen atoms in total. The Labute approximate surface area is 116 Å². The first-order chi connectivity index (χ1) is 9.18. The first-order valence-electron chi connectivity index (χ1n) is 7.04. The molecule has 0 bridgehead atoms. The number of aromatic nitrogens is 2. The van der Waals surface area contributed by atoms with Crippen molar-refractivity contribution in [1.29, 1.82) is 0 Å². The van der Waals surface area contributed by atoms with Gasteiger partial charge in [-0.25, -0.2) is 0 Å². The fourth-order valence-corrected chi connectivity index (χ4v) is 1.72. The van der Waals surface area contributed by atoms with Gasteiger partial charge >= 0.3 is 0 Å². The largest absolute Gasteiger partial charge is 0.368 e.